The van der Waals surface area contributed by atoms with Gasteiger partial charge in [-0.15, -0.1) is 0 Å². The van der Waals surface area contributed by atoms with Crippen molar-refractivity contribution in [2.24, 2.45) is 5.41 Å². The summed E-state index contributed by atoms with van der Waals surface area (Å²) >= 11 is 0. The summed E-state index contributed by atoms with van der Waals surface area (Å²) in [4.78, 5) is 0. The number of nitrogens with one attached hydrogen (secondary N) is 1. The van der Waals surface area contributed by atoms with Gasteiger partial charge < -0.3 is 5.32 Å². The minimum Gasteiger partial charge on any atom is -0.316 e. The van der Waals surface area contributed by atoms with E-state index in [0.717, 1.165) is 11.5 Å². The summed E-state index contributed by atoms with van der Waals surface area (Å²) in [5.41, 5.74) is 0.856. The van der Waals surface area contributed by atoms with Crippen LogP contribution in [0.15, 0.2) is 0 Å². The molecule has 0 aromatic carbocycles. The predicted octanol–water partition coefficient (Wildman–Crippen LogP) is 0.758. The Kier molecular flexibility index (Phi) is 0.487. The van der Waals surface area contributed by atoms with Crippen molar-refractivity contribution in [1.29, 1.82) is 0 Å². The summed E-state index contributed by atoms with van der Waals surface area (Å²) in [6.07, 6.45) is 4.46. The first-order chi connectivity index (χ1) is 3.37. The molecule has 2 aliphatic rings. The van der Waals surface area contributed by atoms with Gasteiger partial charge in [-0.05, 0) is 31.7 Å². The molecule has 2 aliphatic carbocycles. The third-order valence-corrected chi connectivity index (χ3v) is 2.43. The van der Waals surface area contributed by atoms with E-state index >= 15 is 0 Å². The summed E-state index contributed by atoms with van der Waals surface area (Å²) in [7, 11) is 2.07. The van der Waals surface area contributed by atoms with Gasteiger partial charge >= 0.3 is 0 Å². The highest BCUT2D eigenvalue weighted by atomic mass is 15.0. The van der Waals surface area contributed by atoms with E-state index in [0.29, 0.717) is 0 Å². The van der Waals surface area contributed by atoms with E-state index in [1.54, 1.807) is 0 Å². The molecule has 1 spiro atoms. The lowest BCUT2D eigenvalue weighted by Crippen LogP contribution is -2.10. The average molecular weight is 97.2 g/mol. The normalized spacial score (nSPS) is 41.6. The standard InChI is InChI=1S/C6H11N/c1-7-5-4-6(5)2-3-6/h5,7H,2-4H2,1H3. The van der Waals surface area contributed by atoms with Crippen LogP contribution in [0.25, 0.3) is 0 Å². The summed E-state index contributed by atoms with van der Waals surface area (Å²) in [5.74, 6) is 0. The summed E-state index contributed by atoms with van der Waals surface area (Å²) in [5, 5.41) is 3.29. The lowest BCUT2D eigenvalue weighted by atomic mass is 10.4. The number of hydrogen-bond acceptors (Lipinski definition) is 1. The minimum atomic E-state index is 0.856. The highest BCUT2D eigenvalue weighted by molar-refractivity contribution is 5.16. The second-order valence-electron chi connectivity index (χ2n) is 2.91. The van der Waals surface area contributed by atoms with E-state index in [1.165, 1.54) is 19.3 Å². The Hall–Kier alpha value is -0.0400. The molecule has 0 saturated heterocycles. The summed E-state index contributed by atoms with van der Waals surface area (Å²) in [6.45, 7) is 0. The van der Waals surface area contributed by atoms with E-state index in [2.05, 4.69) is 12.4 Å². The lowest BCUT2D eigenvalue weighted by molar-refractivity contribution is 0.711. The molecule has 7 heavy (non-hydrogen) atoms. The Bertz CT molecular complexity index is 94.4. The van der Waals surface area contributed by atoms with Gasteiger partial charge in [0.1, 0.15) is 0 Å². The van der Waals surface area contributed by atoms with Crippen molar-refractivity contribution in [3.63, 3.8) is 0 Å². The van der Waals surface area contributed by atoms with Crippen LogP contribution in [-0.2, 0) is 0 Å². The molecule has 0 aliphatic heterocycles. The molecule has 0 bridgehead atoms. The molecule has 2 rings (SSSR count). The maximum atomic E-state index is 3.29. The van der Waals surface area contributed by atoms with Crippen LogP contribution in [-0.4, -0.2) is 13.1 Å². The topological polar surface area (TPSA) is 12.0 Å². The first-order valence-corrected chi connectivity index (χ1v) is 3.05. The van der Waals surface area contributed by atoms with Gasteiger partial charge in [-0.2, -0.15) is 0 Å². The van der Waals surface area contributed by atoms with Gasteiger partial charge in [0, 0.05) is 6.04 Å². The Morgan fingerprint density at radius 1 is 1.57 bits per heavy atom. The molecule has 1 nitrogen and oxygen atoms in total. The van der Waals surface area contributed by atoms with E-state index in [-0.39, 0.29) is 0 Å². The second kappa shape index (κ2) is 0.873. The van der Waals surface area contributed by atoms with Crippen LogP contribution in [0.1, 0.15) is 19.3 Å². The third kappa shape index (κ3) is 0.367. The molecule has 1 heteroatoms. The van der Waals surface area contributed by atoms with Crippen molar-refractivity contribution >= 4 is 0 Å². The van der Waals surface area contributed by atoms with Crippen molar-refractivity contribution in [3.05, 3.63) is 0 Å². The third-order valence-electron chi connectivity index (χ3n) is 2.43. The van der Waals surface area contributed by atoms with Gasteiger partial charge in [-0.3, -0.25) is 0 Å². The largest absolute Gasteiger partial charge is 0.316 e. The van der Waals surface area contributed by atoms with E-state index in [1.807, 2.05) is 0 Å². The highest BCUT2D eigenvalue weighted by Gasteiger charge is 2.61. The van der Waals surface area contributed by atoms with Gasteiger partial charge in [-0.25, -0.2) is 0 Å². The van der Waals surface area contributed by atoms with E-state index in [9.17, 15) is 0 Å². The van der Waals surface area contributed by atoms with Gasteiger partial charge in [-0.1, -0.05) is 0 Å². The molecule has 0 aromatic heterocycles. The molecule has 1 atom stereocenters. The van der Waals surface area contributed by atoms with Crippen LogP contribution >= 0.6 is 0 Å². The Morgan fingerprint density at radius 3 is 2.43 bits per heavy atom. The van der Waals surface area contributed by atoms with Crippen molar-refractivity contribution < 1.29 is 0 Å². The van der Waals surface area contributed by atoms with Gasteiger partial charge in [0.05, 0.1) is 0 Å². The minimum absolute atomic E-state index is 0.856. The monoisotopic (exact) mass is 97.1 g/mol. The van der Waals surface area contributed by atoms with Crippen LogP contribution in [0, 0.1) is 5.41 Å². The zero-order valence-electron chi connectivity index (χ0n) is 4.70. The Labute approximate surface area is 44.1 Å². The van der Waals surface area contributed by atoms with Gasteiger partial charge in [0.2, 0.25) is 0 Å². The second-order valence-corrected chi connectivity index (χ2v) is 2.91. The molecule has 1 unspecified atom stereocenters. The molecule has 2 saturated carbocycles. The van der Waals surface area contributed by atoms with Crippen molar-refractivity contribution in [2.45, 2.75) is 25.3 Å². The maximum absolute atomic E-state index is 3.29. The first kappa shape index (κ1) is 3.90. The predicted molar refractivity (Wildman–Crippen MR) is 29.1 cm³/mol. The zero-order chi connectivity index (χ0) is 4.91. The fraction of sp³-hybridized carbons (Fsp3) is 1.00. The summed E-state index contributed by atoms with van der Waals surface area (Å²) < 4.78 is 0. The quantitative estimate of drug-likeness (QED) is 0.509. The molecule has 1 N–H and O–H groups in total. The van der Waals surface area contributed by atoms with Crippen LogP contribution < -0.4 is 5.32 Å². The lowest BCUT2D eigenvalue weighted by Gasteiger charge is -1.87. The van der Waals surface area contributed by atoms with E-state index in [4.69, 9.17) is 0 Å². The van der Waals surface area contributed by atoms with Crippen LogP contribution in [0.4, 0.5) is 0 Å². The molecular weight excluding hydrogens is 86.1 g/mol. The molecule has 0 aromatic rings. The summed E-state index contributed by atoms with van der Waals surface area (Å²) in [6, 6.07) is 0.910. The number of rotatable bonds is 1. The fourth-order valence-corrected chi connectivity index (χ4v) is 1.47. The van der Waals surface area contributed by atoms with E-state index < -0.39 is 0 Å². The smallest absolute Gasteiger partial charge is 0.0127 e. The Morgan fingerprint density at radius 2 is 2.29 bits per heavy atom. The molecule has 0 amide bonds. The molecule has 0 radical (unpaired) electrons. The van der Waals surface area contributed by atoms with Crippen molar-refractivity contribution in [3.8, 4) is 0 Å². The number of hydrogen-bond donors (Lipinski definition) is 1. The average Bonchev–Trinajstić information content (AvgIpc) is 2.52. The van der Waals surface area contributed by atoms with Crippen LogP contribution in [0.2, 0.25) is 0 Å². The maximum Gasteiger partial charge on any atom is 0.0127 e. The zero-order valence-corrected chi connectivity index (χ0v) is 4.70. The van der Waals surface area contributed by atoms with Gasteiger partial charge in [0.15, 0.2) is 0 Å². The molecule has 40 valence electrons. The molecular formula is C6H11N. The van der Waals surface area contributed by atoms with Crippen LogP contribution in [0.5, 0.6) is 0 Å². The molecule has 2 fully saturated rings. The Balaban J connectivity index is 1.97. The SMILES string of the molecule is CNC1CC12CC2. The molecule has 0 heterocycles. The highest BCUT2D eigenvalue weighted by Crippen LogP contribution is 2.65. The van der Waals surface area contributed by atoms with Crippen molar-refractivity contribution in [1.82, 2.24) is 5.32 Å². The van der Waals surface area contributed by atoms with Crippen LogP contribution in [0.3, 0.4) is 0 Å². The fourth-order valence-electron chi connectivity index (χ4n) is 1.47. The van der Waals surface area contributed by atoms with Crippen molar-refractivity contribution in [2.75, 3.05) is 7.05 Å². The first-order valence-electron chi connectivity index (χ1n) is 3.05. The van der Waals surface area contributed by atoms with Gasteiger partial charge in [0.25, 0.3) is 0 Å².